The molecule has 0 saturated carbocycles. The molecule has 0 aliphatic rings. The molecule has 0 fully saturated rings. The molecular formula is C25H24F2N4O3S. The number of nitrogens with two attached hydrogens (primary N) is 1. The van der Waals surface area contributed by atoms with Gasteiger partial charge in [-0.2, -0.15) is 8.36 Å². The van der Waals surface area contributed by atoms with Crippen molar-refractivity contribution in [3.8, 4) is 11.1 Å². The number of carbonyl (C=O) groups excluding carboxylic acids is 1. The molecule has 1 amide bonds. The first kappa shape index (κ1) is 24.3. The third-order valence-electron chi connectivity index (χ3n) is 5.83. The van der Waals surface area contributed by atoms with Gasteiger partial charge in [0, 0.05) is 48.1 Å². The van der Waals surface area contributed by atoms with Gasteiger partial charge in [-0.3, -0.25) is 4.79 Å². The first-order valence-electron chi connectivity index (χ1n) is 10.8. The van der Waals surface area contributed by atoms with Gasteiger partial charge in [0.2, 0.25) is 5.95 Å². The van der Waals surface area contributed by atoms with E-state index in [-0.39, 0.29) is 50.3 Å². The molecule has 0 bridgehead atoms. The molecule has 0 unspecified atom stereocenters. The number of carbonyl (C=O) groups is 1. The third kappa shape index (κ3) is 3.93. The summed E-state index contributed by atoms with van der Waals surface area (Å²) in [6.07, 6.45) is 1.43. The summed E-state index contributed by atoms with van der Waals surface area (Å²) in [5, 5.41) is 0.231. The summed E-state index contributed by atoms with van der Waals surface area (Å²) in [4.78, 5) is 17.8. The lowest BCUT2D eigenvalue weighted by atomic mass is 10.00. The molecule has 10 heteroatoms. The number of benzene rings is 2. The number of aromatic nitrogens is 2. The highest BCUT2D eigenvalue weighted by atomic mass is 32.2. The Labute approximate surface area is 201 Å². The van der Waals surface area contributed by atoms with Gasteiger partial charge in [-0.05, 0) is 43.7 Å². The van der Waals surface area contributed by atoms with Crippen LogP contribution in [0.1, 0.15) is 28.4 Å². The van der Waals surface area contributed by atoms with Crippen LogP contribution in [0, 0.1) is 18.7 Å². The van der Waals surface area contributed by atoms with E-state index in [0.29, 0.717) is 3.97 Å². The van der Waals surface area contributed by atoms with Crippen molar-refractivity contribution in [1.29, 1.82) is 0 Å². The maximum atomic E-state index is 15.5. The van der Waals surface area contributed by atoms with Crippen LogP contribution in [0.5, 0.6) is 0 Å². The molecule has 35 heavy (non-hydrogen) atoms. The molecule has 0 atom stereocenters. The van der Waals surface area contributed by atoms with Crippen LogP contribution in [0.25, 0.3) is 22.2 Å². The molecule has 4 aromatic rings. The maximum absolute atomic E-state index is 15.5. The lowest BCUT2D eigenvalue weighted by Gasteiger charge is -2.15. The van der Waals surface area contributed by atoms with Crippen LogP contribution in [0.3, 0.4) is 0 Å². The van der Waals surface area contributed by atoms with E-state index in [1.165, 1.54) is 55.5 Å². The third-order valence-corrected chi connectivity index (χ3v) is 7.51. The number of fused-ring (bicyclic) bond motifs is 1. The van der Waals surface area contributed by atoms with Crippen LogP contribution in [0.4, 0.5) is 14.5 Å². The van der Waals surface area contributed by atoms with E-state index < -0.39 is 27.7 Å². The molecule has 0 spiro atoms. The van der Waals surface area contributed by atoms with Crippen molar-refractivity contribution >= 4 is 32.7 Å². The van der Waals surface area contributed by atoms with Crippen molar-refractivity contribution in [2.75, 3.05) is 19.8 Å². The number of pyridine rings is 1. The van der Waals surface area contributed by atoms with Gasteiger partial charge in [0.1, 0.15) is 5.82 Å². The molecule has 182 valence electrons. The van der Waals surface area contributed by atoms with E-state index in [0.717, 1.165) is 5.56 Å². The lowest BCUT2D eigenvalue weighted by Crippen LogP contribution is -2.24. The summed E-state index contributed by atoms with van der Waals surface area (Å²) < 4.78 is 58.1. The molecule has 4 rings (SSSR count). The zero-order valence-corrected chi connectivity index (χ0v) is 20.5. The van der Waals surface area contributed by atoms with E-state index in [4.69, 9.17) is 5.73 Å². The minimum absolute atomic E-state index is 0.0189. The van der Waals surface area contributed by atoms with E-state index >= 15 is 8.78 Å². The number of amides is 1. The van der Waals surface area contributed by atoms with Gasteiger partial charge >= 0.3 is 0 Å². The second-order valence-electron chi connectivity index (χ2n) is 8.39. The van der Waals surface area contributed by atoms with E-state index in [2.05, 4.69) is 4.98 Å². The molecule has 2 aromatic heterocycles. The summed E-state index contributed by atoms with van der Waals surface area (Å²) >= 11 is 0. The van der Waals surface area contributed by atoms with Crippen LogP contribution in [-0.4, -0.2) is 42.3 Å². The highest BCUT2D eigenvalue weighted by Crippen LogP contribution is 2.34. The fraction of sp³-hybridized carbons (Fsp3) is 0.200. The van der Waals surface area contributed by atoms with E-state index in [1.807, 2.05) is 6.92 Å². The number of rotatable bonds is 5. The first-order chi connectivity index (χ1) is 16.5. The summed E-state index contributed by atoms with van der Waals surface area (Å²) in [5.74, 6) is -2.39. The van der Waals surface area contributed by atoms with Gasteiger partial charge in [-0.25, -0.2) is 17.8 Å². The fourth-order valence-corrected chi connectivity index (χ4v) is 5.33. The molecule has 0 saturated heterocycles. The molecule has 7 nitrogen and oxygen atoms in total. The summed E-state index contributed by atoms with van der Waals surface area (Å²) in [6, 6.07) is 10.4. The second-order valence-corrected chi connectivity index (χ2v) is 10.2. The Balaban J connectivity index is 1.95. The number of hydrogen-bond donors (Lipinski definition) is 1. The van der Waals surface area contributed by atoms with Gasteiger partial charge in [0.25, 0.3) is 15.9 Å². The average molecular weight is 499 g/mol. The monoisotopic (exact) mass is 498 g/mol. The number of nitrogen functional groups attached to an aromatic ring is 1. The number of halogens is 2. The van der Waals surface area contributed by atoms with E-state index in [1.54, 1.807) is 19.1 Å². The largest absolute Gasteiger partial charge is 0.398 e. The van der Waals surface area contributed by atoms with Gasteiger partial charge in [-0.15, -0.1) is 0 Å². The topological polar surface area (TPSA) is 98.3 Å². The van der Waals surface area contributed by atoms with Crippen molar-refractivity contribution in [1.82, 2.24) is 13.9 Å². The summed E-state index contributed by atoms with van der Waals surface area (Å²) in [6.45, 7) is 3.50. The van der Waals surface area contributed by atoms with Gasteiger partial charge in [-0.1, -0.05) is 24.6 Å². The lowest BCUT2D eigenvalue weighted by molar-refractivity contribution is 0.0824. The summed E-state index contributed by atoms with van der Waals surface area (Å²) in [7, 11) is -1.32. The van der Waals surface area contributed by atoms with Crippen LogP contribution >= 0.6 is 0 Å². The molecule has 0 aliphatic heterocycles. The van der Waals surface area contributed by atoms with Crippen molar-refractivity contribution in [3.63, 3.8) is 0 Å². The van der Waals surface area contributed by atoms with Gasteiger partial charge in [0.15, 0.2) is 5.65 Å². The second kappa shape index (κ2) is 8.77. The SMILES string of the molecule is CCc1c(F)n(S(=O)(=O)c2ccc(C)cc2)c2ncc(-c3ccc(N)c(C(=O)N(C)C)c3F)cc12. The van der Waals surface area contributed by atoms with Crippen molar-refractivity contribution in [3.05, 3.63) is 77.1 Å². The minimum atomic E-state index is -4.28. The maximum Gasteiger partial charge on any atom is 0.271 e. The Morgan fingerprint density at radius 1 is 1.11 bits per heavy atom. The van der Waals surface area contributed by atoms with Crippen molar-refractivity contribution in [2.45, 2.75) is 25.2 Å². The molecule has 0 radical (unpaired) electrons. The average Bonchev–Trinajstić information content (AvgIpc) is 3.10. The predicted octanol–water partition coefficient (Wildman–Crippen LogP) is 4.37. The van der Waals surface area contributed by atoms with Gasteiger partial charge < -0.3 is 10.6 Å². The zero-order valence-electron chi connectivity index (χ0n) is 19.6. The Morgan fingerprint density at radius 3 is 2.37 bits per heavy atom. The normalized spacial score (nSPS) is 11.7. The molecule has 2 heterocycles. The Kier molecular flexibility index (Phi) is 6.10. The summed E-state index contributed by atoms with van der Waals surface area (Å²) in [5.41, 5.74) is 6.72. The first-order valence-corrected chi connectivity index (χ1v) is 12.2. The highest BCUT2D eigenvalue weighted by molar-refractivity contribution is 7.90. The molecular weight excluding hydrogens is 474 g/mol. The number of nitrogens with zero attached hydrogens (tertiary/aromatic N) is 3. The molecule has 2 aromatic carbocycles. The van der Waals surface area contributed by atoms with Crippen molar-refractivity contribution < 1.29 is 22.0 Å². The minimum Gasteiger partial charge on any atom is -0.398 e. The number of hydrogen-bond acceptors (Lipinski definition) is 5. The number of anilines is 1. The Morgan fingerprint density at radius 2 is 1.77 bits per heavy atom. The van der Waals surface area contributed by atoms with Gasteiger partial charge in [0.05, 0.1) is 10.5 Å². The predicted molar refractivity (Wildman–Crippen MR) is 131 cm³/mol. The molecule has 0 aliphatic carbocycles. The van der Waals surface area contributed by atoms with Crippen LogP contribution < -0.4 is 5.73 Å². The van der Waals surface area contributed by atoms with Crippen molar-refractivity contribution in [2.24, 2.45) is 0 Å². The quantitative estimate of drug-likeness (QED) is 0.412. The fourth-order valence-electron chi connectivity index (χ4n) is 3.94. The zero-order chi connectivity index (χ0) is 25.7. The Bertz CT molecular complexity index is 1580. The smallest absolute Gasteiger partial charge is 0.271 e. The van der Waals surface area contributed by atoms with E-state index in [9.17, 15) is 13.2 Å². The number of aryl methyl sites for hydroxylation is 2. The van der Waals surface area contributed by atoms with Crippen LogP contribution in [-0.2, 0) is 16.4 Å². The standard InChI is InChI=1S/C25H24F2N4O3S/c1-5-17-19-12-15(18-10-11-20(28)21(22(18)26)25(32)30(3)4)13-29-24(19)31(23(17)27)35(33,34)16-8-6-14(2)7-9-16/h6-13H,5,28H2,1-4H3. The highest BCUT2D eigenvalue weighted by Gasteiger charge is 2.29. The molecule has 2 N–H and O–H groups in total. The van der Waals surface area contributed by atoms with Crippen LogP contribution in [0.15, 0.2) is 53.6 Å². The van der Waals surface area contributed by atoms with Crippen LogP contribution in [0.2, 0.25) is 0 Å². The Hall–Kier alpha value is -3.79.